The first-order valence-corrected chi connectivity index (χ1v) is 7.55. The predicted octanol–water partition coefficient (Wildman–Crippen LogP) is 4.70. The molecule has 0 spiro atoms. The second-order valence-electron chi connectivity index (χ2n) is 5.05. The van der Waals surface area contributed by atoms with E-state index in [1.165, 1.54) is 0 Å². The van der Waals surface area contributed by atoms with E-state index >= 15 is 0 Å². The van der Waals surface area contributed by atoms with Gasteiger partial charge in [-0.25, -0.2) is 4.79 Å². The number of hydrogen-bond donors (Lipinski definition) is 0. The molecule has 0 saturated heterocycles. The fraction of sp³-hybridized carbons (Fsp3) is 0.235. The third-order valence-corrected chi connectivity index (χ3v) is 3.31. The minimum absolute atomic E-state index is 0.391. The van der Waals surface area contributed by atoms with Gasteiger partial charge in [0.1, 0.15) is 11.5 Å². The smallest absolute Gasteiger partial charge is 0.343 e. The Morgan fingerprint density at radius 2 is 1.86 bits per heavy atom. The van der Waals surface area contributed by atoms with Gasteiger partial charge >= 0.3 is 5.97 Å². The second kappa shape index (κ2) is 7.27. The zero-order valence-corrected chi connectivity index (χ0v) is 13.6. The number of ether oxygens (including phenoxy) is 2. The topological polar surface area (TPSA) is 35.5 Å². The molecule has 0 radical (unpaired) electrons. The van der Waals surface area contributed by atoms with Crippen molar-refractivity contribution in [3.05, 3.63) is 58.6 Å². The van der Waals surface area contributed by atoms with E-state index in [0.29, 0.717) is 23.8 Å². The number of carbonyl (C=O) groups is 1. The molecular weight excluding hydrogens is 332 g/mol. The van der Waals surface area contributed by atoms with Crippen LogP contribution in [0.5, 0.6) is 11.5 Å². The fourth-order valence-corrected chi connectivity index (χ4v) is 2.15. The molecule has 0 saturated carbocycles. The van der Waals surface area contributed by atoms with Crippen LogP contribution in [0.4, 0.5) is 0 Å². The van der Waals surface area contributed by atoms with E-state index in [9.17, 15) is 4.79 Å². The number of benzene rings is 2. The molecule has 0 bridgehead atoms. The maximum absolute atomic E-state index is 12.1. The molecule has 0 amide bonds. The fourth-order valence-electron chi connectivity index (χ4n) is 1.66. The summed E-state index contributed by atoms with van der Waals surface area (Å²) in [6.07, 6.45) is 0. The Bertz CT molecular complexity index is 609. The summed E-state index contributed by atoms with van der Waals surface area (Å²) in [5.41, 5.74) is 0.475. The average Bonchev–Trinajstić information content (AvgIpc) is 2.46. The van der Waals surface area contributed by atoms with E-state index in [1.807, 2.05) is 18.2 Å². The molecule has 0 aliphatic rings. The molecule has 0 unspecified atom stereocenters. The van der Waals surface area contributed by atoms with Crippen molar-refractivity contribution in [1.82, 2.24) is 0 Å². The van der Waals surface area contributed by atoms with E-state index in [0.717, 1.165) is 10.2 Å². The summed E-state index contributed by atoms with van der Waals surface area (Å²) < 4.78 is 11.7. The summed E-state index contributed by atoms with van der Waals surface area (Å²) in [6.45, 7) is 4.80. The van der Waals surface area contributed by atoms with E-state index in [-0.39, 0.29) is 0 Å². The van der Waals surface area contributed by atoms with E-state index in [4.69, 9.17) is 9.47 Å². The van der Waals surface area contributed by atoms with Crippen LogP contribution in [0.3, 0.4) is 0 Å². The van der Waals surface area contributed by atoms with Crippen LogP contribution in [-0.2, 0) is 0 Å². The molecule has 0 heterocycles. The molecule has 2 aromatic rings. The maximum atomic E-state index is 12.1. The first kappa shape index (κ1) is 15.6. The molecule has 21 heavy (non-hydrogen) atoms. The van der Waals surface area contributed by atoms with Crippen molar-refractivity contribution in [3.63, 3.8) is 0 Å². The minimum atomic E-state index is -0.391. The number of carbonyl (C=O) groups excluding carboxylic acids is 1. The van der Waals surface area contributed by atoms with Crippen LogP contribution >= 0.6 is 15.9 Å². The van der Waals surface area contributed by atoms with Gasteiger partial charge in [0, 0.05) is 0 Å². The van der Waals surface area contributed by atoms with Crippen LogP contribution in [0.25, 0.3) is 0 Å². The van der Waals surface area contributed by atoms with Gasteiger partial charge in [0.2, 0.25) is 0 Å². The predicted molar refractivity (Wildman–Crippen MR) is 85.9 cm³/mol. The first-order chi connectivity index (χ1) is 10.1. The molecule has 0 atom stereocenters. The van der Waals surface area contributed by atoms with Crippen molar-refractivity contribution in [2.45, 2.75) is 13.8 Å². The van der Waals surface area contributed by atoms with Crippen molar-refractivity contribution < 1.29 is 14.3 Å². The quantitative estimate of drug-likeness (QED) is 0.580. The number of rotatable bonds is 5. The Balaban J connectivity index is 2.07. The second-order valence-corrected chi connectivity index (χ2v) is 5.91. The van der Waals surface area contributed by atoms with Crippen molar-refractivity contribution >= 4 is 21.9 Å². The van der Waals surface area contributed by atoms with Gasteiger partial charge in [-0.1, -0.05) is 32.0 Å². The van der Waals surface area contributed by atoms with Gasteiger partial charge < -0.3 is 9.47 Å². The monoisotopic (exact) mass is 348 g/mol. The molecular formula is C17H17BrO3. The summed E-state index contributed by atoms with van der Waals surface area (Å²) in [5, 5.41) is 0. The Morgan fingerprint density at radius 3 is 2.48 bits per heavy atom. The molecule has 0 aliphatic carbocycles. The Morgan fingerprint density at radius 1 is 1.14 bits per heavy atom. The maximum Gasteiger partial charge on any atom is 0.343 e. The lowest BCUT2D eigenvalue weighted by Crippen LogP contribution is -2.09. The van der Waals surface area contributed by atoms with E-state index in [2.05, 4.69) is 29.8 Å². The molecule has 2 aromatic carbocycles. The number of esters is 1. The largest absolute Gasteiger partial charge is 0.492 e. The van der Waals surface area contributed by atoms with Gasteiger partial charge in [-0.2, -0.15) is 0 Å². The molecule has 3 nitrogen and oxygen atoms in total. The van der Waals surface area contributed by atoms with Crippen LogP contribution in [0, 0.1) is 5.92 Å². The minimum Gasteiger partial charge on any atom is -0.492 e. The SMILES string of the molecule is CC(C)COc1ccc(C(=O)Oc2ccccc2)cc1Br. The molecule has 0 fully saturated rings. The summed E-state index contributed by atoms with van der Waals surface area (Å²) in [7, 11) is 0. The molecule has 4 heteroatoms. The van der Waals surface area contributed by atoms with Gasteiger partial charge in [0.25, 0.3) is 0 Å². The Kier molecular flexibility index (Phi) is 5.39. The van der Waals surface area contributed by atoms with Gasteiger partial charge in [0.15, 0.2) is 0 Å². The van der Waals surface area contributed by atoms with Gasteiger partial charge in [-0.05, 0) is 52.2 Å². The lowest BCUT2D eigenvalue weighted by molar-refractivity contribution is 0.0734. The highest BCUT2D eigenvalue weighted by atomic mass is 79.9. The lowest BCUT2D eigenvalue weighted by atomic mass is 10.2. The van der Waals surface area contributed by atoms with E-state index in [1.54, 1.807) is 30.3 Å². The van der Waals surface area contributed by atoms with Gasteiger partial charge in [-0.3, -0.25) is 0 Å². The molecule has 2 rings (SSSR count). The van der Waals surface area contributed by atoms with E-state index < -0.39 is 5.97 Å². The lowest BCUT2D eigenvalue weighted by Gasteiger charge is -2.11. The summed E-state index contributed by atoms with van der Waals surface area (Å²) in [4.78, 5) is 12.1. The van der Waals surface area contributed by atoms with Crippen LogP contribution in [0.15, 0.2) is 53.0 Å². The van der Waals surface area contributed by atoms with Gasteiger partial charge in [0.05, 0.1) is 16.6 Å². The number of hydrogen-bond acceptors (Lipinski definition) is 3. The van der Waals surface area contributed by atoms with Crippen molar-refractivity contribution in [2.24, 2.45) is 5.92 Å². The van der Waals surface area contributed by atoms with Crippen molar-refractivity contribution in [2.75, 3.05) is 6.61 Å². The zero-order valence-electron chi connectivity index (χ0n) is 12.0. The molecule has 0 aliphatic heterocycles. The van der Waals surface area contributed by atoms with Crippen LogP contribution < -0.4 is 9.47 Å². The average molecular weight is 349 g/mol. The van der Waals surface area contributed by atoms with Crippen LogP contribution in [0.1, 0.15) is 24.2 Å². The number of halogens is 1. The molecule has 0 aromatic heterocycles. The first-order valence-electron chi connectivity index (χ1n) is 6.76. The summed E-state index contributed by atoms with van der Waals surface area (Å²) in [5.74, 6) is 1.30. The highest BCUT2D eigenvalue weighted by Crippen LogP contribution is 2.27. The highest BCUT2D eigenvalue weighted by Gasteiger charge is 2.11. The van der Waals surface area contributed by atoms with Crippen LogP contribution in [-0.4, -0.2) is 12.6 Å². The standard InChI is InChI=1S/C17H17BrO3/c1-12(2)11-20-16-9-8-13(10-15(16)18)17(19)21-14-6-4-3-5-7-14/h3-10,12H,11H2,1-2H3. The Labute approximate surface area is 133 Å². The van der Waals surface area contributed by atoms with Crippen molar-refractivity contribution in [3.8, 4) is 11.5 Å². The highest BCUT2D eigenvalue weighted by molar-refractivity contribution is 9.10. The third kappa shape index (κ3) is 4.60. The molecule has 0 N–H and O–H groups in total. The normalized spacial score (nSPS) is 10.5. The Hall–Kier alpha value is -1.81. The molecule has 110 valence electrons. The van der Waals surface area contributed by atoms with Crippen LogP contribution in [0.2, 0.25) is 0 Å². The zero-order chi connectivity index (χ0) is 15.2. The summed E-state index contributed by atoms with van der Waals surface area (Å²) in [6, 6.07) is 14.2. The van der Waals surface area contributed by atoms with Crippen molar-refractivity contribution in [1.29, 1.82) is 0 Å². The number of para-hydroxylation sites is 1. The van der Waals surface area contributed by atoms with Gasteiger partial charge in [-0.15, -0.1) is 0 Å². The third-order valence-electron chi connectivity index (χ3n) is 2.69. The summed E-state index contributed by atoms with van der Waals surface area (Å²) >= 11 is 3.42.